The van der Waals surface area contributed by atoms with Crippen LogP contribution in [-0.4, -0.2) is 6.18 Å². The van der Waals surface area contributed by atoms with Gasteiger partial charge in [-0.1, -0.05) is 60.2 Å². The Morgan fingerprint density at radius 2 is 1.70 bits per heavy atom. The maximum Gasteiger partial charge on any atom is 0.407 e. The standard InChI is InChI=1S/C16H16F3N/c1-12-6-5-9-14(10-12)15(16(17,18)19)20-11-13-7-3-2-4-8-13/h2-10,15,20H,11H2,1H3/t15-/m0/s1. The minimum atomic E-state index is -4.32. The molecule has 0 fully saturated rings. The summed E-state index contributed by atoms with van der Waals surface area (Å²) >= 11 is 0. The van der Waals surface area contributed by atoms with Gasteiger partial charge >= 0.3 is 6.18 Å². The first-order valence-corrected chi connectivity index (χ1v) is 6.37. The molecule has 1 atom stereocenters. The van der Waals surface area contributed by atoms with Gasteiger partial charge in [-0.25, -0.2) is 0 Å². The highest BCUT2D eigenvalue weighted by molar-refractivity contribution is 5.26. The molecule has 1 nitrogen and oxygen atoms in total. The predicted molar refractivity (Wildman–Crippen MR) is 73.3 cm³/mol. The fraction of sp³-hybridized carbons (Fsp3) is 0.250. The van der Waals surface area contributed by atoms with Crippen LogP contribution in [0.4, 0.5) is 13.2 Å². The molecule has 0 aliphatic heterocycles. The number of rotatable bonds is 4. The van der Waals surface area contributed by atoms with E-state index in [0.717, 1.165) is 11.1 Å². The summed E-state index contributed by atoms with van der Waals surface area (Å²) in [5.74, 6) is 0. The van der Waals surface area contributed by atoms with Crippen LogP contribution in [0.1, 0.15) is 22.7 Å². The number of nitrogens with one attached hydrogen (secondary N) is 1. The van der Waals surface area contributed by atoms with Crippen LogP contribution in [0.2, 0.25) is 0 Å². The van der Waals surface area contributed by atoms with Crippen LogP contribution in [-0.2, 0) is 6.54 Å². The van der Waals surface area contributed by atoms with Crippen LogP contribution in [0.25, 0.3) is 0 Å². The van der Waals surface area contributed by atoms with E-state index in [2.05, 4.69) is 5.32 Å². The van der Waals surface area contributed by atoms with Gasteiger partial charge < -0.3 is 0 Å². The Labute approximate surface area is 116 Å². The van der Waals surface area contributed by atoms with E-state index < -0.39 is 12.2 Å². The molecule has 20 heavy (non-hydrogen) atoms. The lowest BCUT2D eigenvalue weighted by Crippen LogP contribution is -2.33. The molecule has 1 N–H and O–H groups in total. The molecule has 106 valence electrons. The van der Waals surface area contributed by atoms with Crippen molar-refractivity contribution >= 4 is 0 Å². The van der Waals surface area contributed by atoms with Gasteiger partial charge in [0.25, 0.3) is 0 Å². The Morgan fingerprint density at radius 1 is 1.00 bits per heavy atom. The molecule has 0 aliphatic rings. The molecule has 0 saturated heterocycles. The molecule has 2 aromatic rings. The predicted octanol–water partition coefficient (Wildman–Crippen LogP) is 4.39. The fourth-order valence-electron chi connectivity index (χ4n) is 2.09. The average molecular weight is 279 g/mol. The van der Waals surface area contributed by atoms with Gasteiger partial charge in [-0.15, -0.1) is 0 Å². The monoisotopic (exact) mass is 279 g/mol. The molecular weight excluding hydrogens is 263 g/mol. The number of hydrogen-bond donors (Lipinski definition) is 1. The first kappa shape index (κ1) is 14.6. The molecule has 2 aromatic carbocycles. The maximum atomic E-state index is 13.2. The summed E-state index contributed by atoms with van der Waals surface area (Å²) in [5, 5.41) is 2.59. The molecule has 0 saturated carbocycles. The van der Waals surface area contributed by atoms with E-state index in [9.17, 15) is 13.2 Å². The lowest BCUT2D eigenvalue weighted by atomic mass is 10.0. The van der Waals surface area contributed by atoms with Gasteiger partial charge in [0.15, 0.2) is 0 Å². The van der Waals surface area contributed by atoms with Crippen LogP contribution >= 0.6 is 0 Å². The second kappa shape index (κ2) is 6.09. The summed E-state index contributed by atoms with van der Waals surface area (Å²) in [4.78, 5) is 0. The van der Waals surface area contributed by atoms with Crippen molar-refractivity contribution in [3.63, 3.8) is 0 Å². The summed E-state index contributed by atoms with van der Waals surface area (Å²) in [7, 11) is 0. The van der Waals surface area contributed by atoms with E-state index >= 15 is 0 Å². The average Bonchev–Trinajstić information content (AvgIpc) is 2.39. The van der Waals surface area contributed by atoms with Crippen molar-refractivity contribution in [2.45, 2.75) is 25.7 Å². The first-order valence-electron chi connectivity index (χ1n) is 6.37. The third-order valence-electron chi connectivity index (χ3n) is 3.06. The highest BCUT2D eigenvalue weighted by atomic mass is 19.4. The summed E-state index contributed by atoms with van der Waals surface area (Å²) in [5.41, 5.74) is 1.89. The third kappa shape index (κ3) is 3.84. The lowest BCUT2D eigenvalue weighted by Gasteiger charge is -2.22. The highest BCUT2D eigenvalue weighted by Crippen LogP contribution is 2.33. The van der Waals surface area contributed by atoms with E-state index in [1.54, 1.807) is 37.3 Å². The van der Waals surface area contributed by atoms with E-state index in [4.69, 9.17) is 0 Å². The maximum absolute atomic E-state index is 13.2. The highest BCUT2D eigenvalue weighted by Gasteiger charge is 2.40. The van der Waals surface area contributed by atoms with Gasteiger partial charge in [-0.2, -0.15) is 13.2 Å². The van der Waals surface area contributed by atoms with Gasteiger partial charge in [0.2, 0.25) is 0 Å². The number of benzene rings is 2. The molecule has 0 unspecified atom stereocenters. The summed E-state index contributed by atoms with van der Waals surface area (Å²) in [6.07, 6.45) is -4.32. The molecule has 0 spiro atoms. The van der Waals surface area contributed by atoms with Crippen LogP contribution in [0.3, 0.4) is 0 Å². The zero-order valence-corrected chi connectivity index (χ0v) is 11.1. The molecule has 0 amide bonds. The van der Waals surface area contributed by atoms with Crippen molar-refractivity contribution in [3.8, 4) is 0 Å². The summed E-state index contributed by atoms with van der Waals surface area (Å²) in [6.45, 7) is 1.97. The molecule has 2 rings (SSSR count). The van der Waals surface area contributed by atoms with Crippen molar-refractivity contribution < 1.29 is 13.2 Å². The van der Waals surface area contributed by atoms with Crippen LogP contribution in [0.15, 0.2) is 54.6 Å². The zero-order chi connectivity index (χ0) is 14.6. The molecule has 0 bridgehead atoms. The smallest absolute Gasteiger partial charge is 0.298 e. The Balaban J connectivity index is 2.17. The van der Waals surface area contributed by atoms with E-state index in [0.29, 0.717) is 0 Å². The number of alkyl halides is 3. The Hall–Kier alpha value is -1.81. The molecule has 0 radical (unpaired) electrons. The second-order valence-electron chi connectivity index (χ2n) is 4.76. The Kier molecular flexibility index (Phi) is 4.45. The molecule has 0 aromatic heterocycles. The van der Waals surface area contributed by atoms with Crippen molar-refractivity contribution in [2.24, 2.45) is 0 Å². The second-order valence-corrected chi connectivity index (χ2v) is 4.76. The van der Waals surface area contributed by atoms with Crippen molar-refractivity contribution in [2.75, 3.05) is 0 Å². The van der Waals surface area contributed by atoms with Crippen LogP contribution < -0.4 is 5.32 Å². The van der Waals surface area contributed by atoms with Gasteiger partial charge in [0.05, 0.1) is 0 Å². The van der Waals surface area contributed by atoms with E-state index in [-0.39, 0.29) is 12.1 Å². The summed E-state index contributed by atoms with van der Waals surface area (Å²) < 4.78 is 39.5. The van der Waals surface area contributed by atoms with Crippen molar-refractivity contribution in [1.29, 1.82) is 0 Å². The quantitative estimate of drug-likeness (QED) is 0.875. The molecule has 0 heterocycles. The van der Waals surface area contributed by atoms with Crippen molar-refractivity contribution in [1.82, 2.24) is 5.32 Å². The normalized spacial score (nSPS) is 13.2. The topological polar surface area (TPSA) is 12.0 Å². The molecular formula is C16H16F3N. The zero-order valence-electron chi connectivity index (χ0n) is 11.1. The van der Waals surface area contributed by atoms with Gasteiger partial charge in [0.1, 0.15) is 6.04 Å². The number of aryl methyl sites for hydroxylation is 1. The number of hydrogen-bond acceptors (Lipinski definition) is 1. The van der Waals surface area contributed by atoms with Gasteiger partial charge in [0, 0.05) is 6.54 Å². The van der Waals surface area contributed by atoms with E-state index in [1.807, 2.05) is 18.2 Å². The Morgan fingerprint density at radius 3 is 2.30 bits per heavy atom. The minimum absolute atomic E-state index is 0.180. The van der Waals surface area contributed by atoms with Gasteiger partial charge in [-0.3, -0.25) is 5.32 Å². The lowest BCUT2D eigenvalue weighted by molar-refractivity contribution is -0.158. The van der Waals surface area contributed by atoms with Crippen LogP contribution in [0.5, 0.6) is 0 Å². The SMILES string of the molecule is Cc1cccc([C@H](NCc2ccccc2)C(F)(F)F)c1. The fourth-order valence-corrected chi connectivity index (χ4v) is 2.09. The minimum Gasteiger partial charge on any atom is -0.298 e. The first-order chi connectivity index (χ1) is 9.47. The number of halogens is 3. The largest absolute Gasteiger partial charge is 0.407 e. The molecule has 4 heteroatoms. The third-order valence-corrected chi connectivity index (χ3v) is 3.06. The van der Waals surface area contributed by atoms with Crippen molar-refractivity contribution in [3.05, 3.63) is 71.3 Å². The summed E-state index contributed by atoms with van der Waals surface area (Å²) in [6, 6.07) is 13.9. The van der Waals surface area contributed by atoms with Crippen LogP contribution in [0, 0.1) is 6.92 Å². The van der Waals surface area contributed by atoms with E-state index in [1.165, 1.54) is 6.07 Å². The molecule has 0 aliphatic carbocycles. The Bertz CT molecular complexity index is 549. The van der Waals surface area contributed by atoms with Gasteiger partial charge in [-0.05, 0) is 18.1 Å².